The summed E-state index contributed by atoms with van der Waals surface area (Å²) >= 11 is 0. The summed E-state index contributed by atoms with van der Waals surface area (Å²) in [6, 6.07) is 46.5. The van der Waals surface area contributed by atoms with Crippen LogP contribution >= 0.6 is 0 Å². The van der Waals surface area contributed by atoms with Crippen molar-refractivity contribution in [3.8, 4) is 45.5 Å². The number of benzene rings is 5. The predicted octanol–water partition coefficient (Wildman–Crippen LogP) is 8.30. The first-order valence-corrected chi connectivity index (χ1v) is 14.4. The van der Waals surface area contributed by atoms with Crippen LogP contribution in [0.5, 0.6) is 5.75 Å². The van der Waals surface area contributed by atoms with Gasteiger partial charge in [-0.25, -0.2) is 4.98 Å². The predicted molar refractivity (Wildman–Crippen MR) is 172 cm³/mol. The van der Waals surface area contributed by atoms with Crippen molar-refractivity contribution in [1.82, 2.24) is 15.0 Å². The van der Waals surface area contributed by atoms with Gasteiger partial charge in [-0.15, -0.1) is 0 Å². The van der Waals surface area contributed by atoms with Gasteiger partial charge >= 0.3 is 0 Å². The van der Waals surface area contributed by atoms with Gasteiger partial charge < -0.3 is 5.11 Å². The summed E-state index contributed by atoms with van der Waals surface area (Å²) < 4.78 is 0. The Bertz CT molecular complexity index is 2240. The van der Waals surface area contributed by atoms with E-state index in [-0.39, 0.29) is 11.3 Å². The van der Waals surface area contributed by atoms with Gasteiger partial charge in [-0.3, -0.25) is 9.97 Å². The number of phenols is 1. The van der Waals surface area contributed by atoms with Crippen molar-refractivity contribution in [2.24, 2.45) is 0 Å². The van der Waals surface area contributed by atoms with Crippen LogP contribution in [-0.2, 0) is 5.41 Å². The van der Waals surface area contributed by atoms with Gasteiger partial charge in [0.05, 0.1) is 45.3 Å². The smallest absolute Gasteiger partial charge is 0.142 e. The van der Waals surface area contributed by atoms with E-state index < -0.39 is 5.41 Å². The molecule has 0 atom stereocenters. The molecule has 0 saturated carbocycles. The molecule has 206 valence electrons. The van der Waals surface area contributed by atoms with Crippen molar-refractivity contribution in [3.63, 3.8) is 0 Å². The molecule has 5 aromatic carbocycles. The molecule has 1 N–H and O–H groups in total. The number of hydrogen-bond donors (Lipinski definition) is 1. The fourth-order valence-electron chi connectivity index (χ4n) is 6.61. The Morgan fingerprint density at radius 3 is 2.02 bits per heavy atom. The molecular weight excluding hydrogens is 540 g/mol. The Labute approximate surface area is 254 Å². The van der Waals surface area contributed by atoms with Crippen LogP contribution < -0.4 is 0 Å². The molecule has 0 saturated heterocycles. The standard InChI is InChI=1S/C39H24N4O/c40-23-26-11-8-15-30(38(26)44)33-20-9-21-37(43-33)39(31-16-3-1-13-28(31)29-14-2-4-17-32(29)39)27-12-7-10-25(22-27)36-24-41-34-18-5-6-19-35(34)42-36/h1-22,24,44H. The highest BCUT2D eigenvalue weighted by Crippen LogP contribution is 2.56. The largest absolute Gasteiger partial charge is 0.506 e. The summed E-state index contributed by atoms with van der Waals surface area (Å²) in [5.74, 6) is -0.0715. The molecule has 5 nitrogen and oxygen atoms in total. The van der Waals surface area contributed by atoms with Crippen LogP contribution in [0.2, 0.25) is 0 Å². The van der Waals surface area contributed by atoms with Crippen LogP contribution in [-0.4, -0.2) is 20.1 Å². The maximum absolute atomic E-state index is 11.0. The molecule has 5 heteroatoms. The minimum atomic E-state index is -0.758. The SMILES string of the molecule is N#Cc1cccc(-c2cccc(C3(c4cccc(-c5cnc6ccccc6n5)c4)c4ccccc4-c4ccccc43)n2)c1O. The number of nitriles is 1. The number of fused-ring (bicyclic) bond motifs is 4. The van der Waals surface area contributed by atoms with Crippen LogP contribution in [0.1, 0.15) is 27.9 Å². The molecule has 0 unspecified atom stereocenters. The second kappa shape index (κ2) is 10.0. The first-order chi connectivity index (χ1) is 21.7. The fourth-order valence-corrected chi connectivity index (χ4v) is 6.61. The van der Waals surface area contributed by atoms with Gasteiger partial charge in [-0.1, -0.05) is 91.0 Å². The van der Waals surface area contributed by atoms with Crippen molar-refractivity contribution < 1.29 is 5.11 Å². The molecule has 0 spiro atoms. The van der Waals surface area contributed by atoms with Gasteiger partial charge in [0.2, 0.25) is 0 Å². The molecule has 0 fully saturated rings. The summed E-state index contributed by atoms with van der Waals surface area (Å²) in [6.45, 7) is 0. The number of aromatic nitrogens is 3. The number of aromatic hydroxyl groups is 1. The van der Waals surface area contributed by atoms with E-state index in [9.17, 15) is 10.4 Å². The fraction of sp³-hybridized carbons (Fsp3) is 0.0256. The summed E-state index contributed by atoms with van der Waals surface area (Å²) in [6.07, 6.45) is 1.83. The van der Waals surface area contributed by atoms with Gasteiger partial charge in [0.25, 0.3) is 0 Å². The lowest BCUT2D eigenvalue weighted by Gasteiger charge is -2.33. The van der Waals surface area contributed by atoms with Crippen LogP contribution in [0.25, 0.3) is 44.7 Å². The quantitative estimate of drug-likeness (QED) is 0.232. The summed E-state index contributed by atoms with van der Waals surface area (Å²) in [7, 11) is 0. The molecule has 7 aromatic rings. The maximum Gasteiger partial charge on any atom is 0.142 e. The zero-order valence-electron chi connectivity index (χ0n) is 23.5. The third-order valence-corrected chi connectivity index (χ3v) is 8.56. The lowest BCUT2D eigenvalue weighted by Crippen LogP contribution is -2.30. The second-order valence-corrected chi connectivity index (χ2v) is 10.9. The number of para-hydroxylation sites is 3. The third-order valence-electron chi connectivity index (χ3n) is 8.56. The molecule has 0 radical (unpaired) electrons. The molecule has 8 rings (SSSR count). The maximum atomic E-state index is 11.0. The van der Waals surface area contributed by atoms with Crippen LogP contribution in [0.15, 0.2) is 140 Å². The van der Waals surface area contributed by atoms with E-state index in [0.29, 0.717) is 11.3 Å². The molecule has 44 heavy (non-hydrogen) atoms. The molecule has 1 aliphatic carbocycles. The van der Waals surface area contributed by atoms with Crippen molar-refractivity contribution in [2.45, 2.75) is 5.41 Å². The van der Waals surface area contributed by atoms with Gasteiger partial charge in [-0.2, -0.15) is 5.26 Å². The van der Waals surface area contributed by atoms with E-state index in [2.05, 4.69) is 89.9 Å². The average molecular weight is 565 g/mol. The normalized spacial score (nSPS) is 12.8. The molecule has 0 aliphatic heterocycles. The highest BCUT2D eigenvalue weighted by atomic mass is 16.3. The van der Waals surface area contributed by atoms with E-state index in [1.807, 2.05) is 42.6 Å². The summed E-state index contributed by atoms with van der Waals surface area (Å²) in [5, 5.41) is 20.5. The number of hydrogen-bond acceptors (Lipinski definition) is 5. The number of nitrogens with zero attached hydrogens (tertiary/aromatic N) is 4. The average Bonchev–Trinajstić information content (AvgIpc) is 3.39. The summed E-state index contributed by atoms with van der Waals surface area (Å²) in [5.41, 5.74) is 10.4. The Kier molecular flexibility index (Phi) is 5.82. The Morgan fingerprint density at radius 1 is 0.591 bits per heavy atom. The third kappa shape index (κ3) is 3.75. The van der Waals surface area contributed by atoms with Gasteiger partial charge in [0.1, 0.15) is 11.8 Å². The zero-order chi connectivity index (χ0) is 29.7. The topological polar surface area (TPSA) is 82.7 Å². The molecule has 2 aromatic heterocycles. The van der Waals surface area contributed by atoms with E-state index in [1.165, 1.54) is 0 Å². The lowest BCUT2D eigenvalue weighted by molar-refractivity contribution is 0.475. The first kappa shape index (κ1) is 25.6. The Hall–Kier alpha value is -6.12. The number of pyridine rings is 1. The first-order valence-electron chi connectivity index (χ1n) is 14.4. The van der Waals surface area contributed by atoms with Crippen LogP contribution in [0.3, 0.4) is 0 Å². The molecular formula is C39H24N4O. The second-order valence-electron chi connectivity index (χ2n) is 10.9. The number of phenolic OH excluding ortho intramolecular Hbond substituents is 1. The van der Waals surface area contributed by atoms with E-state index in [4.69, 9.17) is 9.97 Å². The van der Waals surface area contributed by atoms with E-state index in [1.54, 1.807) is 18.2 Å². The minimum Gasteiger partial charge on any atom is -0.506 e. The van der Waals surface area contributed by atoms with Crippen LogP contribution in [0, 0.1) is 11.3 Å². The molecule has 0 amide bonds. The molecule has 1 aliphatic rings. The van der Waals surface area contributed by atoms with Gasteiger partial charge in [0.15, 0.2) is 0 Å². The number of rotatable bonds is 4. The lowest BCUT2D eigenvalue weighted by atomic mass is 9.69. The highest BCUT2D eigenvalue weighted by Gasteiger charge is 2.47. The minimum absolute atomic E-state index is 0.0715. The molecule has 2 heterocycles. The highest BCUT2D eigenvalue weighted by molar-refractivity contribution is 5.87. The van der Waals surface area contributed by atoms with Gasteiger partial charge in [0, 0.05) is 11.1 Å². The zero-order valence-corrected chi connectivity index (χ0v) is 23.5. The molecule has 0 bridgehead atoms. The van der Waals surface area contributed by atoms with Crippen LogP contribution in [0.4, 0.5) is 0 Å². The Morgan fingerprint density at radius 2 is 1.25 bits per heavy atom. The van der Waals surface area contributed by atoms with Crippen molar-refractivity contribution in [2.75, 3.05) is 0 Å². The van der Waals surface area contributed by atoms with Crippen molar-refractivity contribution >= 4 is 11.0 Å². The monoisotopic (exact) mass is 564 g/mol. The van der Waals surface area contributed by atoms with Gasteiger partial charge in [-0.05, 0) is 70.3 Å². The Balaban J connectivity index is 1.41. The summed E-state index contributed by atoms with van der Waals surface area (Å²) in [4.78, 5) is 14.9. The van der Waals surface area contributed by atoms with E-state index >= 15 is 0 Å². The van der Waals surface area contributed by atoms with Crippen molar-refractivity contribution in [3.05, 3.63) is 168 Å². The van der Waals surface area contributed by atoms with Crippen molar-refractivity contribution in [1.29, 1.82) is 5.26 Å². The van der Waals surface area contributed by atoms with E-state index in [0.717, 1.165) is 55.8 Å².